The molecule has 0 amide bonds. The lowest BCUT2D eigenvalue weighted by atomic mass is 10.0. The molecule has 0 heterocycles. The maximum absolute atomic E-state index is 10.4. The van der Waals surface area contributed by atoms with Crippen molar-refractivity contribution in [3.8, 4) is 0 Å². The van der Waals surface area contributed by atoms with E-state index in [0.717, 1.165) is 11.1 Å². The summed E-state index contributed by atoms with van der Waals surface area (Å²) in [5.74, 6) is -0.795. The number of hydrogen-bond donors (Lipinski definition) is 2. The number of aliphatic carboxylic acids is 1. The second kappa shape index (κ2) is 7.04. The molecule has 0 bridgehead atoms. The number of methoxy groups -OCH3 is 1. The fraction of sp³-hybridized carbons (Fsp3) is 0.462. The van der Waals surface area contributed by atoms with E-state index in [1.54, 1.807) is 7.11 Å². The van der Waals surface area contributed by atoms with Crippen LogP contribution in [0.5, 0.6) is 0 Å². The van der Waals surface area contributed by atoms with Gasteiger partial charge < -0.3 is 15.6 Å². The summed E-state index contributed by atoms with van der Waals surface area (Å²) < 4.78 is 5.02. The Morgan fingerprint density at radius 3 is 2.47 bits per heavy atom. The number of rotatable bonds is 7. The third-order valence-electron chi connectivity index (χ3n) is 2.56. The van der Waals surface area contributed by atoms with Crippen LogP contribution in [0.2, 0.25) is 0 Å². The molecule has 0 saturated carbocycles. The van der Waals surface area contributed by atoms with Crippen molar-refractivity contribution in [2.24, 2.45) is 5.73 Å². The van der Waals surface area contributed by atoms with Crippen molar-refractivity contribution in [1.29, 1.82) is 0 Å². The summed E-state index contributed by atoms with van der Waals surface area (Å²) in [6.07, 6.45) is 1.35. The van der Waals surface area contributed by atoms with Gasteiger partial charge in [-0.3, -0.25) is 4.79 Å². The number of hydrogen-bond acceptors (Lipinski definition) is 3. The lowest BCUT2D eigenvalue weighted by Crippen LogP contribution is -2.23. The molecule has 1 aromatic rings. The van der Waals surface area contributed by atoms with Gasteiger partial charge in [0.2, 0.25) is 0 Å². The molecule has 0 aliphatic carbocycles. The molecule has 1 aromatic carbocycles. The molecule has 0 fully saturated rings. The molecule has 4 heteroatoms. The number of carbonyl (C=O) groups is 1. The minimum atomic E-state index is -0.795. The zero-order valence-electron chi connectivity index (χ0n) is 10.1. The van der Waals surface area contributed by atoms with Gasteiger partial charge in [0.15, 0.2) is 0 Å². The molecule has 0 saturated heterocycles. The predicted octanol–water partition coefficient (Wildman–Crippen LogP) is 1.57. The maximum atomic E-state index is 10.4. The second-order valence-electron chi connectivity index (χ2n) is 4.15. The summed E-state index contributed by atoms with van der Waals surface area (Å²) in [4.78, 5) is 10.4. The van der Waals surface area contributed by atoms with E-state index in [0.29, 0.717) is 19.4 Å². The van der Waals surface area contributed by atoms with Gasteiger partial charge in [-0.1, -0.05) is 24.3 Å². The van der Waals surface area contributed by atoms with Crippen molar-refractivity contribution in [1.82, 2.24) is 0 Å². The average Bonchev–Trinajstić information content (AvgIpc) is 2.29. The third-order valence-corrected chi connectivity index (χ3v) is 2.56. The van der Waals surface area contributed by atoms with Gasteiger partial charge in [-0.25, -0.2) is 0 Å². The van der Waals surface area contributed by atoms with Crippen molar-refractivity contribution < 1.29 is 14.6 Å². The van der Waals surface area contributed by atoms with Crippen LogP contribution in [0.15, 0.2) is 24.3 Å². The van der Waals surface area contributed by atoms with Crippen molar-refractivity contribution in [3.63, 3.8) is 0 Å². The summed E-state index contributed by atoms with van der Waals surface area (Å²) in [7, 11) is 1.66. The Kier molecular flexibility index (Phi) is 5.66. The van der Waals surface area contributed by atoms with E-state index in [4.69, 9.17) is 15.6 Å². The van der Waals surface area contributed by atoms with E-state index in [1.807, 2.05) is 24.3 Å². The maximum Gasteiger partial charge on any atom is 0.303 e. The zero-order chi connectivity index (χ0) is 12.7. The SMILES string of the molecule is COCc1ccc(CC(N)CCC(=O)O)cc1. The molecule has 3 N–H and O–H groups in total. The van der Waals surface area contributed by atoms with Crippen LogP contribution in [0.4, 0.5) is 0 Å². The number of benzene rings is 1. The summed E-state index contributed by atoms with van der Waals surface area (Å²) in [6.45, 7) is 0.603. The molecular weight excluding hydrogens is 218 g/mol. The molecule has 0 aliphatic heterocycles. The van der Waals surface area contributed by atoms with Crippen LogP contribution in [0.25, 0.3) is 0 Å². The Labute approximate surface area is 101 Å². The average molecular weight is 237 g/mol. The number of nitrogens with two attached hydrogens (primary N) is 1. The lowest BCUT2D eigenvalue weighted by molar-refractivity contribution is -0.137. The normalized spacial score (nSPS) is 12.4. The van der Waals surface area contributed by atoms with Gasteiger partial charge in [-0.05, 0) is 24.0 Å². The highest BCUT2D eigenvalue weighted by Gasteiger charge is 2.06. The van der Waals surface area contributed by atoms with Gasteiger partial charge in [-0.2, -0.15) is 0 Å². The molecule has 0 aromatic heterocycles. The number of carboxylic acid groups (broad SMARTS) is 1. The Morgan fingerprint density at radius 1 is 1.35 bits per heavy atom. The first kappa shape index (κ1) is 13.7. The van der Waals surface area contributed by atoms with E-state index in [1.165, 1.54) is 0 Å². The minimum Gasteiger partial charge on any atom is -0.481 e. The summed E-state index contributed by atoms with van der Waals surface area (Å²) in [6, 6.07) is 7.93. The van der Waals surface area contributed by atoms with Gasteiger partial charge >= 0.3 is 5.97 Å². The van der Waals surface area contributed by atoms with Crippen LogP contribution < -0.4 is 5.73 Å². The Hall–Kier alpha value is -1.39. The molecule has 1 atom stereocenters. The van der Waals surface area contributed by atoms with Crippen LogP contribution in [0, 0.1) is 0 Å². The van der Waals surface area contributed by atoms with E-state index in [9.17, 15) is 4.79 Å². The highest BCUT2D eigenvalue weighted by atomic mass is 16.5. The van der Waals surface area contributed by atoms with Gasteiger partial charge in [0, 0.05) is 19.6 Å². The van der Waals surface area contributed by atoms with Crippen LogP contribution in [-0.2, 0) is 22.6 Å². The Bertz CT molecular complexity index is 348. The first-order valence-electron chi connectivity index (χ1n) is 5.66. The molecule has 17 heavy (non-hydrogen) atoms. The molecule has 1 rings (SSSR count). The molecular formula is C13H19NO3. The van der Waals surface area contributed by atoms with Gasteiger partial charge in [0.25, 0.3) is 0 Å². The molecule has 94 valence electrons. The first-order chi connectivity index (χ1) is 8.11. The lowest BCUT2D eigenvalue weighted by Gasteiger charge is -2.10. The van der Waals surface area contributed by atoms with Crippen LogP contribution in [0.3, 0.4) is 0 Å². The monoisotopic (exact) mass is 237 g/mol. The van der Waals surface area contributed by atoms with E-state index in [2.05, 4.69) is 0 Å². The van der Waals surface area contributed by atoms with Gasteiger partial charge in [0.05, 0.1) is 6.61 Å². The van der Waals surface area contributed by atoms with Crippen LogP contribution in [0.1, 0.15) is 24.0 Å². The number of carboxylic acids is 1. The highest BCUT2D eigenvalue weighted by Crippen LogP contribution is 2.09. The summed E-state index contributed by atoms with van der Waals surface area (Å²) >= 11 is 0. The van der Waals surface area contributed by atoms with Crippen molar-refractivity contribution >= 4 is 5.97 Å². The minimum absolute atomic E-state index is 0.0978. The zero-order valence-corrected chi connectivity index (χ0v) is 10.1. The smallest absolute Gasteiger partial charge is 0.303 e. The fourth-order valence-electron chi connectivity index (χ4n) is 1.65. The molecule has 0 radical (unpaired) electrons. The van der Waals surface area contributed by atoms with E-state index in [-0.39, 0.29) is 12.5 Å². The quantitative estimate of drug-likeness (QED) is 0.755. The van der Waals surface area contributed by atoms with Crippen molar-refractivity contribution in [2.75, 3.05) is 7.11 Å². The summed E-state index contributed by atoms with van der Waals surface area (Å²) in [5.41, 5.74) is 8.11. The highest BCUT2D eigenvalue weighted by molar-refractivity contribution is 5.66. The fourth-order valence-corrected chi connectivity index (χ4v) is 1.65. The van der Waals surface area contributed by atoms with E-state index >= 15 is 0 Å². The van der Waals surface area contributed by atoms with Gasteiger partial charge in [0.1, 0.15) is 0 Å². The second-order valence-corrected chi connectivity index (χ2v) is 4.15. The molecule has 0 spiro atoms. The van der Waals surface area contributed by atoms with Crippen molar-refractivity contribution in [2.45, 2.75) is 31.9 Å². The summed E-state index contributed by atoms with van der Waals surface area (Å²) in [5, 5.41) is 8.55. The molecule has 4 nitrogen and oxygen atoms in total. The standard InChI is InChI=1S/C13H19NO3/c1-17-9-11-4-2-10(3-5-11)8-12(14)6-7-13(15)16/h2-5,12H,6-9,14H2,1H3,(H,15,16). The topological polar surface area (TPSA) is 72.5 Å². The Balaban J connectivity index is 2.42. The van der Waals surface area contributed by atoms with Crippen LogP contribution >= 0.6 is 0 Å². The first-order valence-corrected chi connectivity index (χ1v) is 5.66. The predicted molar refractivity (Wildman–Crippen MR) is 65.7 cm³/mol. The third kappa shape index (κ3) is 5.47. The van der Waals surface area contributed by atoms with Crippen molar-refractivity contribution in [3.05, 3.63) is 35.4 Å². The van der Waals surface area contributed by atoms with E-state index < -0.39 is 5.97 Å². The van der Waals surface area contributed by atoms with Gasteiger partial charge in [-0.15, -0.1) is 0 Å². The Morgan fingerprint density at radius 2 is 1.94 bits per heavy atom. The van der Waals surface area contributed by atoms with Crippen LogP contribution in [-0.4, -0.2) is 24.2 Å². The molecule has 0 aliphatic rings. The number of ether oxygens (including phenoxy) is 1. The largest absolute Gasteiger partial charge is 0.481 e. The molecule has 1 unspecified atom stereocenters.